The van der Waals surface area contributed by atoms with Crippen molar-refractivity contribution in [2.75, 3.05) is 6.54 Å². The Morgan fingerprint density at radius 3 is 2.94 bits per heavy atom. The Labute approximate surface area is 97.1 Å². The van der Waals surface area contributed by atoms with Crippen molar-refractivity contribution in [1.29, 1.82) is 0 Å². The van der Waals surface area contributed by atoms with Crippen LogP contribution in [0.25, 0.3) is 0 Å². The first-order chi connectivity index (χ1) is 8.25. The van der Waals surface area contributed by atoms with Crippen molar-refractivity contribution in [3.8, 4) is 0 Å². The van der Waals surface area contributed by atoms with E-state index in [9.17, 15) is 8.78 Å². The molecule has 1 aromatic carbocycles. The van der Waals surface area contributed by atoms with Gasteiger partial charge in [0, 0.05) is 25.1 Å². The number of hydrogen-bond donors (Lipinski definition) is 2. The van der Waals surface area contributed by atoms with E-state index in [0.29, 0.717) is 18.5 Å². The summed E-state index contributed by atoms with van der Waals surface area (Å²) in [5.74, 6) is -0.0748. The van der Waals surface area contributed by atoms with Gasteiger partial charge in [0.25, 0.3) is 0 Å². The van der Waals surface area contributed by atoms with Gasteiger partial charge in [-0.05, 0) is 18.2 Å². The van der Waals surface area contributed by atoms with Crippen LogP contribution in [0.3, 0.4) is 0 Å². The largest absolute Gasteiger partial charge is 0.312 e. The SMILES string of the molecule is Fc1ccc(F)c(CNCCc2ncn[nH]2)c1. The van der Waals surface area contributed by atoms with Crippen LogP contribution in [0.2, 0.25) is 0 Å². The van der Waals surface area contributed by atoms with Crippen LogP contribution >= 0.6 is 0 Å². The third kappa shape index (κ3) is 3.32. The molecule has 0 aliphatic carbocycles. The van der Waals surface area contributed by atoms with E-state index in [1.165, 1.54) is 12.4 Å². The molecule has 1 aromatic heterocycles. The van der Waals surface area contributed by atoms with Gasteiger partial charge in [-0.1, -0.05) is 0 Å². The molecule has 0 radical (unpaired) electrons. The molecule has 2 aromatic rings. The Hall–Kier alpha value is -1.82. The summed E-state index contributed by atoms with van der Waals surface area (Å²) in [6.07, 6.45) is 2.10. The lowest BCUT2D eigenvalue weighted by Gasteiger charge is -2.05. The normalized spacial score (nSPS) is 10.7. The molecule has 0 aliphatic heterocycles. The monoisotopic (exact) mass is 238 g/mol. The van der Waals surface area contributed by atoms with Gasteiger partial charge in [0.2, 0.25) is 0 Å². The molecule has 0 amide bonds. The van der Waals surface area contributed by atoms with Gasteiger partial charge in [0.15, 0.2) is 0 Å². The molecule has 0 unspecified atom stereocenters. The molecule has 6 heteroatoms. The number of hydrogen-bond acceptors (Lipinski definition) is 3. The molecule has 4 nitrogen and oxygen atoms in total. The van der Waals surface area contributed by atoms with Gasteiger partial charge in [-0.25, -0.2) is 13.8 Å². The second kappa shape index (κ2) is 5.49. The Morgan fingerprint density at radius 2 is 2.18 bits per heavy atom. The number of H-pyrrole nitrogens is 1. The highest BCUT2D eigenvalue weighted by atomic mass is 19.1. The van der Waals surface area contributed by atoms with Crippen LogP contribution in [-0.2, 0) is 13.0 Å². The summed E-state index contributed by atoms with van der Waals surface area (Å²) in [4.78, 5) is 3.95. The Morgan fingerprint density at radius 1 is 1.29 bits per heavy atom. The summed E-state index contributed by atoms with van der Waals surface area (Å²) in [6.45, 7) is 0.906. The van der Waals surface area contributed by atoms with Crippen LogP contribution in [0.5, 0.6) is 0 Å². The highest BCUT2D eigenvalue weighted by molar-refractivity contribution is 5.18. The zero-order valence-corrected chi connectivity index (χ0v) is 9.08. The molecule has 0 fully saturated rings. The standard InChI is InChI=1S/C11H12F2N4/c12-9-1-2-10(13)8(5-9)6-14-4-3-11-15-7-16-17-11/h1-2,5,7,14H,3-4,6H2,(H,15,16,17). The maximum absolute atomic E-state index is 13.2. The van der Waals surface area contributed by atoms with E-state index < -0.39 is 11.6 Å². The fourth-order valence-corrected chi connectivity index (χ4v) is 1.46. The smallest absolute Gasteiger partial charge is 0.137 e. The van der Waals surface area contributed by atoms with Gasteiger partial charge in [-0.15, -0.1) is 0 Å². The van der Waals surface area contributed by atoms with Crippen molar-refractivity contribution in [2.45, 2.75) is 13.0 Å². The average molecular weight is 238 g/mol. The summed E-state index contributed by atoms with van der Waals surface area (Å²) in [5, 5.41) is 9.45. The van der Waals surface area contributed by atoms with E-state index in [-0.39, 0.29) is 6.54 Å². The maximum Gasteiger partial charge on any atom is 0.137 e. The minimum Gasteiger partial charge on any atom is -0.312 e. The molecule has 0 aliphatic rings. The summed E-state index contributed by atoms with van der Waals surface area (Å²) < 4.78 is 26.1. The zero-order valence-electron chi connectivity index (χ0n) is 9.08. The first-order valence-electron chi connectivity index (χ1n) is 5.24. The van der Waals surface area contributed by atoms with E-state index in [0.717, 1.165) is 18.0 Å². The minimum absolute atomic E-state index is 0.289. The molecular weight excluding hydrogens is 226 g/mol. The topological polar surface area (TPSA) is 53.6 Å². The van der Waals surface area contributed by atoms with Crippen molar-refractivity contribution in [2.24, 2.45) is 0 Å². The Balaban J connectivity index is 1.80. The second-order valence-corrected chi connectivity index (χ2v) is 3.59. The first-order valence-corrected chi connectivity index (χ1v) is 5.24. The van der Waals surface area contributed by atoms with Crippen LogP contribution in [0.15, 0.2) is 24.5 Å². The lowest BCUT2D eigenvalue weighted by atomic mass is 10.2. The van der Waals surface area contributed by atoms with Gasteiger partial charge in [0.1, 0.15) is 23.8 Å². The molecule has 2 N–H and O–H groups in total. The van der Waals surface area contributed by atoms with Gasteiger partial charge < -0.3 is 5.32 Å². The third-order valence-corrected chi connectivity index (χ3v) is 2.33. The average Bonchev–Trinajstić information content (AvgIpc) is 2.82. The fourth-order valence-electron chi connectivity index (χ4n) is 1.46. The van der Waals surface area contributed by atoms with Gasteiger partial charge in [0.05, 0.1) is 0 Å². The maximum atomic E-state index is 13.2. The Bertz CT molecular complexity index is 470. The molecule has 2 rings (SSSR count). The molecular formula is C11H12F2N4. The summed E-state index contributed by atoms with van der Waals surface area (Å²) in [7, 11) is 0. The lowest BCUT2D eigenvalue weighted by Crippen LogP contribution is -2.18. The quantitative estimate of drug-likeness (QED) is 0.774. The number of nitrogens with one attached hydrogen (secondary N) is 2. The van der Waals surface area contributed by atoms with E-state index in [4.69, 9.17) is 0 Å². The fraction of sp³-hybridized carbons (Fsp3) is 0.273. The van der Waals surface area contributed by atoms with Crippen molar-refractivity contribution in [3.63, 3.8) is 0 Å². The van der Waals surface area contributed by atoms with Gasteiger partial charge >= 0.3 is 0 Å². The summed E-state index contributed by atoms with van der Waals surface area (Å²) in [6, 6.07) is 3.42. The molecule has 0 saturated carbocycles. The Kier molecular flexibility index (Phi) is 3.77. The van der Waals surface area contributed by atoms with Gasteiger partial charge in [-0.3, -0.25) is 5.10 Å². The first kappa shape index (κ1) is 11.7. The highest BCUT2D eigenvalue weighted by Gasteiger charge is 2.03. The number of nitrogens with zero attached hydrogens (tertiary/aromatic N) is 2. The molecule has 0 saturated heterocycles. The number of rotatable bonds is 5. The third-order valence-electron chi connectivity index (χ3n) is 2.33. The van der Waals surface area contributed by atoms with E-state index >= 15 is 0 Å². The van der Waals surface area contributed by atoms with Crippen LogP contribution in [0.1, 0.15) is 11.4 Å². The highest BCUT2D eigenvalue weighted by Crippen LogP contribution is 2.08. The predicted octanol–water partition coefficient (Wildman–Crippen LogP) is 1.42. The van der Waals surface area contributed by atoms with E-state index in [1.54, 1.807) is 0 Å². The summed E-state index contributed by atoms with van der Waals surface area (Å²) in [5.41, 5.74) is 0.322. The van der Waals surface area contributed by atoms with Crippen LogP contribution in [0.4, 0.5) is 8.78 Å². The number of aromatic nitrogens is 3. The molecule has 17 heavy (non-hydrogen) atoms. The zero-order chi connectivity index (χ0) is 12.1. The molecule has 1 heterocycles. The number of halogens is 2. The van der Waals surface area contributed by atoms with Gasteiger partial charge in [-0.2, -0.15) is 5.10 Å². The lowest BCUT2D eigenvalue weighted by molar-refractivity contribution is 0.568. The number of benzene rings is 1. The predicted molar refractivity (Wildman–Crippen MR) is 58.2 cm³/mol. The minimum atomic E-state index is -0.432. The molecule has 90 valence electrons. The van der Waals surface area contributed by atoms with E-state index in [1.807, 2.05) is 0 Å². The molecule has 0 bridgehead atoms. The van der Waals surface area contributed by atoms with E-state index in [2.05, 4.69) is 20.5 Å². The molecule has 0 atom stereocenters. The van der Waals surface area contributed by atoms with Crippen molar-refractivity contribution < 1.29 is 8.78 Å². The summed E-state index contributed by atoms with van der Waals surface area (Å²) >= 11 is 0. The van der Waals surface area contributed by atoms with Crippen molar-refractivity contribution in [1.82, 2.24) is 20.5 Å². The van der Waals surface area contributed by atoms with Crippen LogP contribution < -0.4 is 5.32 Å². The van der Waals surface area contributed by atoms with Crippen LogP contribution in [-0.4, -0.2) is 21.7 Å². The van der Waals surface area contributed by atoms with Crippen molar-refractivity contribution >= 4 is 0 Å². The van der Waals surface area contributed by atoms with Crippen LogP contribution in [0, 0.1) is 11.6 Å². The molecule has 0 spiro atoms. The van der Waals surface area contributed by atoms with Crippen molar-refractivity contribution in [3.05, 3.63) is 47.5 Å². The second-order valence-electron chi connectivity index (χ2n) is 3.59. The number of aromatic amines is 1.